The number of nitrogens with one attached hydrogen (secondary N) is 1. The first kappa shape index (κ1) is 18.2. The maximum atomic E-state index is 3.73. The standard InChI is InChI=1S/C20H35N/c1-15(2)8-7-9-17(5)21-18(6)20-12-10-19(11-13-20)14-16(3)4/h10-13,15-18,21H,7-9,14H2,1-6H3. The topological polar surface area (TPSA) is 12.0 Å². The fourth-order valence-corrected chi connectivity index (χ4v) is 2.85. The molecule has 1 N–H and O–H groups in total. The summed E-state index contributed by atoms with van der Waals surface area (Å²) in [5.41, 5.74) is 2.85. The van der Waals surface area contributed by atoms with Gasteiger partial charge in [0, 0.05) is 12.1 Å². The molecule has 2 atom stereocenters. The molecule has 0 saturated carbocycles. The minimum atomic E-state index is 0.437. The molecule has 0 spiro atoms. The molecular weight excluding hydrogens is 254 g/mol. The van der Waals surface area contributed by atoms with Gasteiger partial charge in [-0.3, -0.25) is 0 Å². The van der Waals surface area contributed by atoms with Crippen molar-refractivity contribution in [3.05, 3.63) is 35.4 Å². The monoisotopic (exact) mass is 289 g/mol. The summed E-state index contributed by atoms with van der Waals surface area (Å²) in [6.45, 7) is 13.7. The van der Waals surface area contributed by atoms with Crippen molar-refractivity contribution in [1.29, 1.82) is 0 Å². The third kappa shape index (κ3) is 7.66. The van der Waals surface area contributed by atoms with E-state index in [1.54, 1.807) is 0 Å². The molecule has 120 valence electrons. The van der Waals surface area contributed by atoms with Crippen molar-refractivity contribution in [2.75, 3.05) is 0 Å². The second-order valence-electron chi connectivity index (χ2n) is 7.45. The van der Waals surface area contributed by atoms with Crippen LogP contribution in [-0.4, -0.2) is 6.04 Å². The summed E-state index contributed by atoms with van der Waals surface area (Å²) in [6.07, 6.45) is 5.11. The molecule has 1 nitrogen and oxygen atoms in total. The highest BCUT2D eigenvalue weighted by Crippen LogP contribution is 2.17. The molecule has 1 aromatic rings. The molecule has 0 radical (unpaired) electrons. The molecule has 0 aliphatic rings. The van der Waals surface area contributed by atoms with Crippen LogP contribution < -0.4 is 5.32 Å². The summed E-state index contributed by atoms with van der Waals surface area (Å²) in [6, 6.07) is 10.2. The van der Waals surface area contributed by atoms with Crippen molar-refractivity contribution >= 4 is 0 Å². The molecule has 0 bridgehead atoms. The molecule has 0 amide bonds. The molecule has 2 unspecified atom stereocenters. The van der Waals surface area contributed by atoms with Gasteiger partial charge >= 0.3 is 0 Å². The molecular formula is C20H35N. The fraction of sp³-hybridized carbons (Fsp3) is 0.700. The van der Waals surface area contributed by atoms with E-state index in [1.807, 2.05) is 0 Å². The second kappa shape index (κ2) is 9.25. The summed E-state index contributed by atoms with van der Waals surface area (Å²) in [5, 5.41) is 3.73. The first-order valence-electron chi connectivity index (χ1n) is 8.73. The van der Waals surface area contributed by atoms with E-state index in [-0.39, 0.29) is 0 Å². The van der Waals surface area contributed by atoms with Crippen molar-refractivity contribution in [2.24, 2.45) is 11.8 Å². The van der Waals surface area contributed by atoms with Gasteiger partial charge in [0.25, 0.3) is 0 Å². The van der Waals surface area contributed by atoms with Crippen molar-refractivity contribution in [1.82, 2.24) is 5.32 Å². The van der Waals surface area contributed by atoms with Crippen LogP contribution in [0.5, 0.6) is 0 Å². The Balaban J connectivity index is 2.42. The Bertz CT molecular complexity index is 377. The molecule has 0 saturated heterocycles. The van der Waals surface area contributed by atoms with Gasteiger partial charge < -0.3 is 5.32 Å². The van der Waals surface area contributed by atoms with Crippen LogP contribution in [0.1, 0.15) is 78.0 Å². The molecule has 0 aliphatic heterocycles. The van der Waals surface area contributed by atoms with Gasteiger partial charge in [-0.2, -0.15) is 0 Å². The summed E-state index contributed by atoms with van der Waals surface area (Å²) in [5.74, 6) is 1.55. The summed E-state index contributed by atoms with van der Waals surface area (Å²) in [7, 11) is 0. The minimum Gasteiger partial charge on any atom is -0.308 e. The van der Waals surface area contributed by atoms with Crippen LogP contribution in [0, 0.1) is 11.8 Å². The average Bonchev–Trinajstić information content (AvgIpc) is 2.38. The fourth-order valence-electron chi connectivity index (χ4n) is 2.85. The van der Waals surface area contributed by atoms with Crippen molar-refractivity contribution in [2.45, 2.75) is 79.3 Å². The predicted octanol–water partition coefficient (Wildman–Crippen LogP) is 5.75. The van der Waals surface area contributed by atoms with Gasteiger partial charge in [-0.05, 0) is 49.7 Å². The first-order valence-corrected chi connectivity index (χ1v) is 8.73. The lowest BCUT2D eigenvalue weighted by molar-refractivity contribution is 0.424. The average molecular weight is 290 g/mol. The third-order valence-corrected chi connectivity index (χ3v) is 4.08. The van der Waals surface area contributed by atoms with Crippen molar-refractivity contribution in [3.8, 4) is 0 Å². The van der Waals surface area contributed by atoms with Crippen LogP contribution in [0.25, 0.3) is 0 Å². The van der Waals surface area contributed by atoms with Crippen molar-refractivity contribution in [3.63, 3.8) is 0 Å². The van der Waals surface area contributed by atoms with E-state index < -0.39 is 0 Å². The number of rotatable bonds is 9. The quantitative estimate of drug-likeness (QED) is 0.610. The molecule has 1 aromatic carbocycles. The molecule has 0 fully saturated rings. The predicted molar refractivity (Wildman–Crippen MR) is 94.7 cm³/mol. The third-order valence-electron chi connectivity index (χ3n) is 4.08. The Kier molecular flexibility index (Phi) is 8.03. The summed E-state index contributed by atoms with van der Waals surface area (Å²) < 4.78 is 0. The highest BCUT2D eigenvalue weighted by Gasteiger charge is 2.10. The zero-order chi connectivity index (χ0) is 15.8. The zero-order valence-corrected chi connectivity index (χ0v) is 14.9. The Morgan fingerprint density at radius 3 is 1.95 bits per heavy atom. The van der Waals surface area contributed by atoms with E-state index >= 15 is 0 Å². The zero-order valence-electron chi connectivity index (χ0n) is 14.9. The number of benzene rings is 1. The van der Waals surface area contributed by atoms with Crippen LogP contribution in [0.15, 0.2) is 24.3 Å². The molecule has 0 aromatic heterocycles. The van der Waals surface area contributed by atoms with E-state index in [1.165, 1.54) is 36.8 Å². The Morgan fingerprint density at radius 2 is 1.43 bits per heavy atom. The van der Waals surface area contributed by atoms with E-state index in [9.17, 15) is 0 Å². The lowest BCUT2D eigenvalue weighted by Crippen LogP contribution is -2.28. The molecule has 21 heavy (non-hydrogen) atoms. The van der Waals surface area contributed by atoms with Crippen LogP contribution in [0.4, 0.5) is 0 Å². The van der Waals surface area contributed by atoms with Gasteiger partial charge in [-0.1, -0.05) is 64.8 Å². The minimum absolute atomic E-state index is 0.437. The van der Waals surface area contributed by atoms with Gasteiger partial charge in [0.05, 0.1) is 0 Å². The molecule has 1 heteroatoms. The smallest absolute Gasteiger partial charge is 0.0294 e. The van der Waals surface area contributed by atoms with Crippen LogP contribution in [-0.2, 0) is 6.42 Å². The van der Waals surface area contributed by atoms with E-state index in [0.717, 1.165) is 11.8 Å². The van der Waals surface area contributed by atoms with Crippen molar-refractivity contribution < 1.29 is 0 Å². The van der Waals surface area contributed by atoms with Gasteiger partial charge in [-0.25, -0.2) is 0 Å². The highest BCUT2D eigenvalue weighted by atomic mass is 14.9. The number of hydrogen-bond donors (Lipinski definition) is 1. The van der Waals surface area contributed by atoms with E-state index in [4.69, 9.17) is 0 Å². The van der Waals surface area contributed by atoms with E-state index in [0.29, 0.717) is 12.1 Å². The molecule has 0 aliphatic carbocycles. The second-order valence-corrected chi connectivity index (χ2v) is 7.45. The maximum absolute atomic E-state index is 3.73. The van der Waals surface area contributed by atoms with Crippen LogP contribution in [0.2, 0.25) is 0 Å². The highest BCUT2D eigenvalue weighted by molar-refractivity contribution is 5.25. The molecule has 0 heterocycles. The van der Waals surface area contributed by atoms with Gasteiger partial charge in [0.1, 0.15) is 0 Å². The van der Waals surface area contributed by atoms with Gasteiger partial charge in [0.15, 0.2) is 0 Å². The van der Waals surface area contributed by atoms with E-state index in [2.05, 4.69) is 71.1 Å². The maximum Gasteiger partial charge on any atom is 0.0294 e. The Morgan fingerprint density at radius 1 is 0.810 bits per heavy atom. The summed E-state index contributed by atoms with van der Waals surface area (Å²) in [4.78, 5) is 0. The first-order chi connectivity index (χ1) is 9.88. The Hall–Kier alpha value is -0.820. The Labute approximate surface area is 132 Å². The molecule has 1 rings (SSSR count). The summed E-state index contributed by atoms with van der Waals surface area (Å²) >= 11 is 0. The van der Waals surface area contributed by atoms with Crippen LogP contribution >= 0.6 is 0 Å². The van der Waals surface area contributed by atoms with Crippen LogP contribution in [0.3, 0.4) is 0 Å². The number of hydrogen-bond acceptors (Lipinski definition) is 1. The SMILES string of the molecule is CC(C)CCCC(C)NC(C)c1ccc(CC(C)C)cc1. The largest absolute Gasteiger partial charge is 0.308 e. The lowest BCUT2D eigenvalue weighted by Gasteiger charge is -2.21. The van der Waals surface area contributed by atoms with Gasteiger partial charge in [0.2, 0.25) is 0 Å². The normalized spacial score (nSPS) is 14.7. The van der Waals surface area contributed by atoms with Gasteiger partial charge in [-0.15, -0.1) is 0 Å². The lowest BCUT2D eigenvalue weighted by atomic mass is 9.99.